The van der Waals surface area contributed by atoms with Crippen LogP contribution in [0.15, 0.2) is 33.9 Å². The molecule has 8 heteroatoms. The van der Waals surface area contributed by atoms with E-state index >= 15 is 0 Å². The molecule has 0 atom stereocenters. The molecule has 1 aromatic heterocycles. The molecule has 0 radical (unpaired) electrons. The summed E-state index contributed by atoms with van der Waals surface area (Å²) in [4.78, 5) is 35.0. The molecule has 0 fully saturated rings. The van der Waals surface area contributed by atoms with Gasteiger partial charge in [-0.05, 0) is 24.1 Å². The van der Waals surface area contributed by atoms with Crippen molar-refractivity contribution >= 4 is 17.4 Å². The fraction of sp³-hybridized carbons (Fsp3) is 0.294. The molecule has 1 aromatic carbocycles. The number of benzene rings is 1. The van der Waals surface area contributed by atoms with Crippen molar-refractivity contribution in [2.24, 2.45) is 14.1 Å². The number of aromatic nitrogens is 2. The van der Waals surface area contributed by atoms with Crippen molar-refractivity contribution in [2.45, 2.75) is 13.3 Å². The molecule has 25 heavy (non-hydrogen) atoms. The lowest BCUT2D eigenvalue weighted by Gasteiger charge is -2.13. The molecular formula is C17H19N5O3. The van der Waals surface area contributed by atoms with Crippen molar-refractivity contribution in [3.05, 3.63) is 56.2 Å². The molecule has 8 nitrogen and oxygen atoms in total. The molecule has 0 aliphatic carbocycles. The number of nitrogens with one attached hydrogen (secondary N) is 2. The van der Waals surface area contributed by atoms with Crippen LogP contribution in [0.25, 0.3) is 0 Å². The topological polar surface area (TPSA) is 109 Å². The van der Waals surface area contributed by atoms with Gasteiger partial charge in [-0.3, -0.25) is 18.7 Å². The van der Waals surface area contributed by atoms with Crippen LogP contribution in [0, 0.1) is 11.3 Å². The van der Waals surface area contributed by atoms with E-state index in [2.05, 4.69) is 10.6 Å². The molecule has 2 rings (SSSR count). The van der Waals surface area contributed by atoms with E-state index < -0.39 is 11.2 Å². The predicted octanol–water partition coefficient (Wildman–Crippen LogP) is 0.569. The van der Waals surface area contributed by atoms with Gasteiger partial charge in [0, 0.05) is 33.3 Å². The zero-order chi connectivity index (χ0) is 18.6. The summed E-state index contributed by atoms with van der Waals surface area (Å²) in [5.41, 5.74) is 0.517. The number of carbonyl (C=O) groups excluding carboxylic acids is 1. The van der Waals surface area contributed by atoms with Gasteiger partial charge in [-0.1, -0.05) is 12.1 Å². The Morgan fingerprint density at radius 3 is 2.36 bits per heavy atom. The molecule has 1 amide bonds. The van der Waals surface area contributed by atoms with Crippen LogP contribution in [0.1, 0.15) is 18.1 Å². The SMILES string of the molecule is CC(=O)Nc1ccc(CCNc2c(C#N)c(=O)n(C)c(=O)n2C)cc1. The van der Waals surface area contributed by atoms with Crippen LogP contribution in [-0.4, -0.2) is 21.6 Å². The third-order valence-corrected chi connectivity index (χ3v) is 3.76. The highest BCUT2D eigenvalue weighted by molar-refractivity contribution is 5.88. The summed E-state index contributed by atoms with van der Waals surface area (Å²) >= 11 is 0. The second-order valence-electron chi connectivity index (χ2n) is 5.60. The number of hydrogen-bond donors (Lipinski definition) is 2. The van der Waals surface area contributed by atoms with E-state index in [4.69, 9.17) is 0 Å². The van der Waals surface area contributed by atoms with E-state index in [-0.39, 0.29) is 17.3 Å². The summed E-state index contributed by atoms with van der Waals surface area (Å²) in [6.45, 7) is 1.88. The molecule has 1 heterocycles. The third kappa shape index (κ3) is 3.95. The Hall–Kier alpha value is -3.34. The summed E-state index contributed by atoms with van der Waals surface area (Å²) in [5.74, 6) is 0.0792. The largest absolute Gasteiger partial charge is 0.370 e. The molecular weight excluding hydrogens is 322 g/mol. The maximum absolute atomic E-state index is 12.0. The average Bonchev–Trinajstić information content (AvgIpc) is 2.58. The van der Waals surface area contributed by atoms with E-state index in [9.17, 15) is 19.6 Å². The quantitative estimate of drug-likeness (QED) is 0.826. The zero-order valence-electron chi connectivity index (χ0n) is 14.3. The van der Waals surface area contributed by atoms with Crippen molar-refractivity contribution in [3.8, 4) is 6.07 Å². The zero-order valence-corrected chi connectivity index (χ0v) is 14.3. The van der Waals surface area contributed by atoms with Gasteiger partial charge in [0.15, 0.2) is 5.56 Å². The van der Waals surface area contributed by atoms with E-state index in [1.165, 1.54) is 25.6 Å². The molecule has 0 saturated carbocycles. The first kappa shape index (κ1) is 18.0. The number of amides is 1. The van der Waals surface area contributed by atoms with E-state index in [1.54, 1.807) is 12.1 Å². The Morgan fingerprint density at radius 1 is 1.16 bits per heavy atom. The second kappa shape index (κ2) is 7.49. The van der Waals surface area contributed by atoms with Gasteiger partial charge in [-0.25, -0.2) is 4.79 Å². The minimum atomic E-state index is -0.618. The van der Waals surface area contributed by atoms with Gasteiger partial charge < -0.3 is 10.6 Å². The van der Waals surface area contributed by atoms with Crippen molar-refractivity contribution in [2.75, 3.05) is 17.2 Å². The van der Waals surface area contributed by atoms with Gasteiger partial charge in [-0.15, -0.1) is 0 Å². The monoisotopic (exact) mass is 341 g/mol. The molecule has 0 aliphatic heterocycles. The Labute approximate surface area is 144 Å². The van der Waals surface area contributed by atoms with Gasteiger partial charge in [0.2, 0.25) is 5.91 Å². The first-order valence-electron chi connectivity index (χ1n) is 7.65. The molecule has 0 saturated heterocycles. The van der Waals surface area contributed by atoms with Crippen molar-refractivity contribution in [1.29, 1.82) is 5.26 Å². The number of carbonyl (C=O) groups is 1. The predicted molar refractivity (Wildman–Crippen MR) is 94.6 cm³/mol. The lowest BCUT2D eigenvalue weighted by atomic mass is 10.1. The van der Waals surface area contributed by atoms with Crippen LogP contribution in [0.2, 0.25) is 0 Å². The Kier molecular flexibility index (Phi) is 5.39. The number of rotatable bonds is 5. The number of anilines is 2. The lowest BCUT2D eigenvalue weighted by Crippen LogP contribution is -2.40. The molecule has 0 unspecified atom stereocenters. The summed E-state index contributed by atoms with van der Waals surface area (Å²) in [6, 6.07) is 9.20. The van der Waals surface area contributed by atoms with Gasteiger partial charge >= 0.3 is 5.69 Å². The Morgan fingerprint density at radius 2 is 1.80 bits per heavy atom. The highest BCUT2D eigenvalue weighted by Gasteiger charge is 2.14. The fourth-order valence-corrected chi connectivity index (χ4v) is 2.44. The highest BCUT2D eigenvalue weighted by Crippen LogP contribution is 2.11. The van der Waals surface area contributed by atoms with Gasteiger partial charge in [0.05, 0.1) is 0 Å². The van der Waals surface area contributed by atoms with Crippen LogP contribution in [0.5, 0.6) is 0 Å². The summed E-state index contributed by atoms with van der Waals surface area (Å²) in [6.07, 6.45) is 0.620. The molecule has 0 spiro atoms. The Bertz CT molecular complexity index is 948. The minimum absolute atomic E-state index is 0.0920. The Balaban J connectivity index is 2.12. The molecule has 0 aliphatic rings. The summed E-state index contributed by atoms with van der Waals surface area (Å²) in [5, 5.41) is 14.9. The minimum Gasteiger partial charge on any atom is -0.370 e. The van der Waals surface area contributed by atoms with Crippen LogP contribution in [0.3, 0.4) is 0 Å². The normalized spacial score (nSPS) is 10.2. The van der Waals surface area contributed by atoms with Crippen LogP contribution in [-0.2, 0) is 25.3 Å². The number of hydrogen-bond acceptors (Lipinski definition) is 5. The summed E-state index contributed by atoms with van der Waals surface area (Å²) in [7, 11) is 2.85. The van der Waals surface area contributed by atoms with Crippen molar-refractivity contribution in [1.82, 2.24) is 9.13 Å². The molecule has 2 aromatic rings. The number of nitrogens with zero attached hydrogens (tertiary/aromatic N) is 3. The maximum Gasteiger partial charge on any atom is 0.332 e. The average molecular weight is 341 g/mol. The first-order valence-corrected chi connectivity index (χ1v) is 7.65. The molecule has 0 bridgehead atoms. The van der Waals surface area contributed by atoms with Crippen molar-refractivity contribution in [3.63, 3.8) is 0 Å². The van der Waals surface area contributed by atoms with Gasteiger partial charge in [0.25, 0.3) is 5.56 Å². The van der Waals surface area contributed by atoms with Crippen LogP contribution in [0.4, 0.5) is 11.5 Å². The molecule has 130 valence electrons. The first-order chi connectivity index (χ1) is 11.8. The van der Waals surface area contributed by atoms with Crippen molar-refractivity contribution < 1.29 is 4.79 Å². The van der Waals surface area contributed by atoms with Gasteiger partial charge in [0.1, 0.15) is 11.9 Å². The third-order valence-electron chi connectivity index (χ3n) is 3.76. The fourth-order valence-electron chi connectivity index (χ4n) is 2.44. The summed E-state index contributed by atoms with van der Waals surface area (Å²) < 4.78 is 2.16. The smallest absolute Gasteiger partial charge is 0.332 e. The molecule has 2 N–H and O–H groups in total. The number of nitriles is 1. The van der Waals surface area contributed by atoms with Crippen LogP contribution < -0.4 is 21.9 Å². The standard InChI is InChI=1S/C17H19N5O3/c1-11(23)20-13-6-4-12(5-7-13)8-9-19-15-14(10-18)16(24)22(3)17(25)21(15)2/h4-7,19H,8-9H2,1-3H3,(H,20,23). The van der Waals surface area contributed by atoms with Crippen LogP contribution >= 0.6 is 0 Å². The highest BCUT2D eigenvalue weighted by atomic mass is 16.2. The van der Waals surface area contributed by atoms with E-state index in [0.29, 0.717) is 18.7 Å². The maximum atomic E-state index is 12.0. The van der Waals surface area contributed by atoms with Gasteiger partial charge in [-0.2, -0.15) is 5.26 Å². The second-order valence-corrected chi connectivity index (χ2v) is 5.60. The van der Waals surface area contributed by atoms with E-state index in [0.717, 1.165) is 10.1 Å². The lowest BCUT2D eigenvalue weighted by molar-refractivity contribution is -0.114. The van der Waals surface area contributed by atoms with E-state index in [1.807, 2.05) is 18.2 Å².